The van der Waals surface area contributed by atoms with Crippen LogP contribution in [-0.2, 0) is 0 Å². The van der Waals surface area contributed by atoms with E-state index in [-0.39, 0.29) is 6.04 Å². The van der Waals surface area contributed by atoms with Gasteiger partial charge in [-0.1, -0.05) is 28.1 Å². The topological polar surface area (TPSA) is 12.0 Å². The molecule has 2 aromatic carbocycles. The van der Waals surface area contributed by atoms with Crippen LogP contribution in [0.1, 0.15) is 18.5 Å². The van der Waals surface area contributed by atoms with Crippen LogP contribution in [0.15, 0.2) is 46.9 Å². The maximum absolute atomic E-state index is 13.6. The van der Waals surface area contributed by atoms with Crippen LogP contribution in [0.5, 0.6) is 0 Å². The van der Waals surface area contributed by atoms with Crippen LogP contribution in [0.3, 0.4) is 0 Å². The van der Waals surface area contributed by atoms with Crippen molar-refractivity contribution in [2.75, 3.05) is 5.32 Å². The summed E-state index contributed by atoms with van der Waals surface area (Å²) in [6.07, 6.45) is 0. The summed E-state index contributed by atoms with van der Waals surface area (Å²) < 4.78 is 27.4. The van der Waals surface area contributed by atoms with Gasteiger partial charge in [-0.3, -0.25) is 0 Å². The monoisotopic (exact) mass is 311 g/mol. The van der Waals surface area contributed by atoms with Gasteiger partial charge in [0, 0.05) is 21.8 Å². The Morgan fingerprint density at radius 3 is 2.56 bits per heavy atom. The van der Waals surface area contributed by atoms with E-state index in [1.54, 1.807) is 0 Å². The lowest BCUT2D eigenvalue weighted by molar-refractivity contribution is 0.566. The fourth-order valence-corrected chi connectivity index (χ4v) is 2.16. The zero-order chi connectivity index (χ0) is 13.1. The van der Waals surface area contributed by atoms with Crippen molar-refractivity contribution in [3.63, 3.8) is 0 Å². The molecule has 1 unspecified atom stereocenters. The normalized spacial score (nSPS) is 12.2. The van der Waals surface area contributed by atoms with Crippen molar-refractivity contribution >= 4 is 21.6 Å². The molecule has 0 spiro atoms. The molecule has 0 fully saturated rings. The van der Waals surface area contributed by atoms with E-state index in [0.717, 1.165) is 16.2 Å². The molecule has 0 aliphatic rings. The Morgan fingerprint density at radius 2 is 1.89 bits per heavy atom. The summed E-state index contributed by atoms with van der Waals surface area (Å²) in [5.41, 5.74) is 1.32. The van der Waals surface area contributed by atoms with E-state index >= 15 is 0 Å². The average molecular weight is 312 g/mol. The third kappa shape index (κ3) is 3.07. The highest BCUT2D eigenvalue weighted by Crippen LogP contribution is 2.24. The zero-order valence-electron chi connectivity index (χ0n) is 9.75. The van der Waals surface area contributed by atoms with Crippen LogP contribution in [-0.4, -0.2) is 0 Å². The molecule has 1 atom stereocenters. The van der Waals surface area contributed by atoms with Crippen molar-refractivity contribution in [2.24, 2.45) is 0 Å². The number of benzene rings is 2. The molecule has 4 heteroatoms. The summed E-state index contributed by atoms with van der Waals surface area (Å²) in [7, 11) is 0. The number of hydrogen-bond acceptors (Lipinski definition) is 1. The standard InChI is InChI=1S/C14H12BrF2N/c1-9(13-6-5-11(16)8-14(13)17)18-12-4-2-3-10(15)7-12/h2-9,18H,1H3. The van der Waals surface area contributed by atoms with E-state index < -0.39 is 11.6 Å². The Bertz CT molecular complexity index is 557. The molecular formula is C14H12BrF2N. The van der Waals surface area contributed by atoms with Crippen LogP contribution < -0.4 is 5.32 Å². The minimum absolute atomic E-state index is 0.236. The number of halogens is 3. The lowest BCUT2D eigenvalue weighted by atomic mass is 10.1. The lowest BCUT2D eigenvalue weighted by Gasteiger charge is -2.16. The van der Waals surface area contributed by atoms with Gasteiger partial charge in [-0.25, -0.2) is 8.78 Å². The van der Waals surface area contributed by atoms with Gasteiger partial charge in [0.2, 0.25) is 0 Å². The molecule has 2 aromatic rings. The molecule has 0 radical (unpaired) electrons. The fourth-order valence-electron chi connectivity index (χ4n) is 1.76. The number of rotatable bonds is 3. The molecule has 0 amide bonds. The largest absolute Gasteiger partial charge is 0.378 e. The second kappa shape index (κ2) is 5.48. The average Bonchev–Trinajstić information content (AvgIpc) is 2.28. The van der Waals surface area contributed by atoms with Crippen LogP contribution in [0.25, 0.3) is 0 Å². The van der Waals surface area contributed by atoms with Crippen LogP contribution in [0.2, 0.25) is 0 Å². The minimum Gasteiger partial charge on any atom is -0.378 e. The summed E-state index contributed by atoms with van der Waals surface area (Å²) in [6, 6.07) is 11.0. The summed E-state index contributed by atoms with van der Waals surface area (Å²) in [4.78, 5) is 0. The SMILES string of the molecule is CC(Nc1cccc(Br)c1)c1ccc(F)cc1F. The molecule has 0 aromatic heterocycles. The highest BCUT2D eigenvalue weighted by Gasteiger charge is 2.11. The van der Waals surface area contributed by atoms with Crippen LogP contribution in [0.4, 0.5) is 14.5 Å². The molecular weight excluding hydrogens is 300 g/mol. The molecule has 0 aliphatic heterocycles. The van der Waals surface area contributed by atoms with Gasteiger partial charge in [-0.05, 0) is 31.2 Å². The fraction of sp³-hybridized carbons (Fsp3) is 0.143. The van der Waals surface area contributed by atoms with Crippen LogP contribution >= 0.6 is 15.9 Å². The molecule has 0 heterocycles. The van der Waals surface area contributed by atoms with Gasteiger partial charge in [0.15, 0.2) is 0 Å². The molecule has 0 bridgehead atoms. The molecule has 1 N–H and O–H groups in total. The van der Waals surface area contributed by atoms with Crippen molar-refractivity contribution in [2.45, 2.75) is 13.0 Å². The van der Waals surface area contributed by atoms with Gasteiger partial charge in [0.25, 0.3) is 0 Å². The highest BCUT2D eigenvalue weighted by molar-refractivity contribution is 9.10. The molecule has 1 nitrogen and oxygen atoms in total. The molecule has 0 saturated heterocycles. The van der Waals surface area contributed by atoms with Gasteiger partial charge < -0.3 is 5.32 Å². The first-order valence-electron chi connectivity index (χ1n) is 5.53. The second-order valence-electron chi connectivity index (χ2n) is 4.04. The Labute approximate surface area is 113 Å². The number of anilines is 1. The summed E-state index contributed by atoms with van der Waals surface area (Å²) in [5, 5.41) is 3.17. The Morgan fingerprint density at radius 1 is 1.11 bits per heavy atom. The van der Waals surface area contributed by atoms with E-state index in [0.29, 0.717) is 5.56 Å². The quantitative estimate of drug-likeness (QED) is 0.850. The first-order chi connectivity index (χ1) is 8.56. The number of nitrogens with one attached hydrogen (secondary N) is 1. The Balaban J connectivity index is 2.19. The smallest absolute Gasteiger partial charge is 0.131 e. The first-order valence-corrected chi connectivity index (χ1v) is 6.32. The summed E-state index contributed by atoms with van der Waals surface area (Å²) in [6.45, 7) is 1.83. The Hall–Kier alpha value is -1.42. The summed E-state index contributed by atoms with van der Waals surface area (Å²) >= 11 is 3.37. The first kappa shape index (κ1) is 13.0. The lowest BCUT2D eigenvalue weighted by Crippen LogP contribution is -2.08. The molecule has 2 rings (SSSR count). The van der Waals surface area contributed by atoms with E-state index in [1.807, 2.05) is 31.2 Å². The van der Waals surface area contributed by atoms with E-state index in [2.05, 4.69) is 21.2 Å². The van der Waals surface area contributed by atoms with E-state index in [9.17, 15) is 8.78 Å². The van der Waals surface area contributed by atoms with Crippen molar-refractivity contribution in [1.29, 1.82) is 0 Å². The maximum Gasteiger partial charge on any atom is 0.131 e. The van der Waals surface area contributed by atoms with Crippen molar-refractivity contribution in [3.8, 4) is 0 Å². The van der Waals surface area contributed by atoms with Gasteiger partial charge in [0.05, 0.1) is 6.04 Å². The van der Waals surface area contributed by atoms with E-state index in [1.165, 1.54) is 12.1 Å². The molecule has 94 valence electrons. The van der Waals surface area contributed by atoms with Crippen molar-refractivity contribution in [3.05, 3.63) is 64.1 Å². The predicted octanol–water partition coefficient (Wildman–Crippen LogP) is 4.90. The minimum atomic E-state index is -0.564. The number of hydrogen-bond donors (Lipinski definition) is 1. The third-order valence-corrected chi connectivity index (χ3v) is 3.13. The second-order valence-corrected chi connectivity index (χ2v) is 4.96. The predicted molar refractivity (Wildman–Crippen MR) is 72.5 cm³/mol. The highest BCUT2D eigenvalue weighted by atomic mass is 79.9. The maximum atomic E-state index is 13.6. The van der Waals surface area contributed by atoms with Gasteiger partial charge in [-0.15, -0.1) is 0 Å². The van der Waals surface area contributed by atoms with Crippen molar-refractivity contribution in [1.82, 2.24) is 0 Å². The van der Waals surface area contributed by atoms with E-state index in [4.69, 9.17) is 0 Å². The van der Waals surface area contributed by atoms with Gasteiger partial charge in [0.1, 0.15) is 11.6 Å². The zero-order valence-corrected chi connectivity index (χ0v) is 11.3. The van der Waals surface area contributed by atoms with Gasteiger partial charge in [-0.2, -0.15) is 0 Å². The molecule has 0 aliphatic carbocycles. The van der Waals surface area contributed by atoms with Gasteiger partial charge >= 0.3 is 0 Å². The third-order valence-electron chi connectivity index (χ3n) is 2.64. The molecule has 0 saturated carbocycles. The Kier molecular flexibility index (Phi) is 3.97. The van der Waals surface area contributed by atoms with Crippen molar-refractivity contribution < 1.29 is 8.78 Å². The molecule has 18 heavy (non-hydrogen) atoms. The van der Waals surface area contributed by atoms with Crippen LogP contribution in [0, 0.1) is 11.6 Å². The summed E-state index contributed by atoms with van der Waals surface area (Å²) in [5.74, 6) is -1.10.